The molecule has 10 nitrogen and oxygen atoms in total. The summed E-state index contributed by atoms with van der Waals surface area (Å²) in [7, 11) is 0. The highest BCUT2D eigenvalue weighted by atomic mass is 19.1. The number of amides is 3. The Balaban J connectivity index is 0.000000211. The standard InChI is InChI=1S/C13H16FNO4.C13H14FNO4/c2*1-13(2,3)19-12(17)15-9-5-4-8(14)6-10(9)18-7-11(15)16/h4-6,11,16H,7H2,1-3H3;4-6H,7H2,1-3H3. The second kappa shape index (κ2) is 10.8. The molecule has 0 bridgehead atoms. The molecule has 1 atom stereocenters. The van der Waals surface area contributed by atoms with Crippen LogP contribution in [0.25, 0.3) is 0 Å². The molecule has 12 heteroatoms. The molecule has 0 aliphatic carbocycles. The lowest BCUT2D eigenvalue weighted by Gasteiger charge is -2.34. The average molecular weight is 537 g/mol. The summed E-state index contributed by atoms with van der Waals surface area (Å²) in [6.45, 7) is 9.81. The van der Waals surface area contributed by atoms with Crippen molar-refractivity contribution in [2.75, 3.05) is 23.0 Å². The largest absolute Gasteiger partial charge is 0.487 e. The number of halogens is 2. The van der Waals surface area contributed by atoms with Crippen molar-refractivity contribution in [1.82, 2.24) is 0 Å². The number of carbonyl (C=O) groups excluding carboxylic acids is 3. The molecular weight excluding hydrogens is 506 g/mol. The molecule has 206 valence electrons. The van der Waals surface area contributed by atoms with Crippen molar-refractivity contribution in [3.8, 4) is 11.5 Å². The smallest absolute Gasteiger partial charge is 0.421 e. The third kappa shape index (κ3) is 7.09. The van der Waals surface area contributed by atoms with Crippen LogP contribution < -0.4 is 19.3 Å². The quantitative estimate of drug-likeness (QED) is 0.513. The first-order chi connectivity index (χ1) is 17.6. The van der Waals surface area contributed by atoms with Gasteiger partial charge in [-0.2, -0.15) is 0 Å². The zero-order valence-corrected chi connectivity index (χ0v) is 21.9. The van der Waals surface area contributed by atoms with E-state index in [9.17, 15) is 28.3 Å². The van der Waals surface area contributed by atoms with Crippen LogP contribution in [0, 0.1) is 11.6 Å². The molecule has 3 amide bonds. The molecule has 1 unspecified atom stereocenters. The number of hydrogen-bond donors (Lipinski definition) is 1. The fourth-order valence-corrected chi connectivity index (χ4v) is 3.37. The number of aliphatic hydroxyl groups is 1. The highest BCUT2D eigenvalue weighted by Crippen LogP contribution is 2.35. The summed E-state index contributed by atoms with van der Waals surface area (Å²) in [6.07, 6.45) is -2.65. The van der Waals surface area contributed by atoms with Crippen molar-refractivity contribution in [3.05, 3.63) is 48.0 Å². The second-order valence-electron chi connectivity index (χ2n) is 10.4. The van der Waals surface area contributed by atoms with Gasteiger partial charge in [-0.05, 0) is 65.8 Å². The van der Waals surface area contributed by atoms with E-state index in [1.54, 1.807) is 41.5 Å². The van der Waals surface area contributed by atoms with Gasteiger partial charge in [-0.3, -0.25) is 4.79 Å². The maximum atomic E-state index is 13.1. The van der Waals surface area contributed by atoms with E-state index in [0.29, 0.717) is 0 Å². The molecule has 0 aromatic heterocycles. The predicted octanol–water partition coefficient (Wildman–Crippen LogP) is 4.76. The van der Waals surface area contributed by atoms with Gasteiger partial charge >= 0.3 is 12.2 Å². The number of anilines is 2. The second-order valence-corrected chi connectivity index (χ2v) is 10.4. The van der Waals surface area contributed by atoms with Crippen LogP contribution in [0.15, 0.2) is 36.4 Å². The lowest BCUT2D eigenvalue weighted by molar-refractivity contribution is -0.121. The summed E-state index contributed by atoms with van der Waals surface area (Å²) in [5.41, 5.74) is -0.938. The number of carbonyl (C=O) groups is 3. The van der Waals surface area contributed by atoms with E-state index in [1.165, 1.54) is 24.3 Å². The van der Waals surface area contributed by atoms with Crippen molar-refractivity contribution < 1.29 is 47.2 Å². The molecule has 0 radical (unpaired) electrons. The molecule has 0 saturated carbocycles. The summed E-state index contributed by atoms with van der Waals surface area (Å²) < 4.78 is 46.8. The number of fused-ring (bicyclic) bond motifs is 2. The monoisotopic (exact) mass is 536 g/mol. The maximum absolute atomic E-state index is 13.1. The van der Waals surface area contributed by atoms with Crippen molar-refractivity contribution in [2.45, 2.75) is 59.0 Å². The molecule has 0 saturated heterocycles. The van der Waals surface area contributed by atoms with Gasteiger partial charge in [-0.1, -0.05) is 0 Å². The molecule has 2 aromatic rings. The zero-order chi connectivity index (χ0) is 28.4. The highest BCUT2D eigenvalue weighted by Gasteiger charge is 2.35. The Morgan fingerprint density at radius 3 is 1.92 bits per heavy atom. The lowest BCUT2D eigenvalue weighted by atomic mass is 10.2. The predicted molar refractivity (Wildman–Crippen MR) is 132 cm³/mol. The third-order valence-electron chi connectivity index (χ3n) is 4.80. The minimum Gasteiger partial charge on any atom is -0.487 e. The van der Waals surface area contributed by atoms with E-state index in [1.807, 2.05) is 0 Å². The molecule has 2 heterocycles. The van der Waals surface area contributed by atoms with Gasteiger partial charge in [-0.25, -0.2) is 28.2 Å². The van der Waals surface area contributed by atoms with Crippen LogP contribution >= 0.6 is 0 Å². The zero-order valence-electron chi connectivity index (χ0n) is 21.9. The van der Waals surface area contributed by atoms with E-state index in [4.69, 9.17) is 18.9 Å². The topological polar surface area (TPSA) is 115 Å². The Morgan fingerprint density at radius 1 is 0.868 bits per heavy atom. The molecule has 0 fully saturated rings. The third-order valence-corrected chi connectivity index (χ3v) is 4.80. The molecule has 0 spiro atoms. The van der Waals surface area contributed by atoms with Gasteiger partial charge < -0.3 is 24.1 Å². The number of imide groups is 1. The first-order valence-electron chi connectivity index (χ1n) is 11.7. The minimum atomic E-state index is -1.16. The highest BCUT2D eigenvalue weighted by molar-refractivity contribution is 6.14. The van der Waals surface area contributed by atoms with Crippen LogP contribution in [0.5, 0.6) is 11.5 Å². The van der Waals surface area contributed by atoms with Crippen LogP contribution in [0.3, 0.4) is 0 Å². The minimum absolute atomic E-state index is 0.129. The summed E-state index contributed by atoms with van der Waals surface area (Å²) in [4.78, 5) is 37.8. The van der Waals surface area contributed by atoms with Crippen molar-refractivity contribution in [2.24, 2.45) is 0 Å². The summed E-state index contributed by atoms with van der Waals surface area (Å²) in [6, 6.07) is 7.32. The summed E-state index contributed by atoms with van der Waals surface area (Å²) in [5, 5.41) is 9.86. The Labute approximate surface area is 218 Å². The molecule has 38 heavy (non-hydrogen) atoms. The van der Waals surface area contributed by atoms with E-state index < -0.39 is 47.2 Å². The van der Waals surface area contributed by atoms with E-state index >= 15 is 0 Å². The first-order valence-corrected chi connectivity index (χ1v) is 11.7. The van der Waals surface area contributed by atoms with Crippen LogP contribution in [-0.2, 0) is 14.3 Å². The molecule has 1 N–H and O–H groups in total. The SMILES string of the molecule is CC(C)(C)OC(=O)N1C(=O)COc2cc(F)ccc21.CC(C)(C)OC(=O)N1c2ccc(F)cc2OCC1O. The molecule has 2 aliphatic heterocycles. The Hall–Kier alpha value is -3.93. The van der Waals surface area contributed by atoms with Gasteiger partial charge in [0, 0.05) is 12.1 Å². The summed E-state index contributed by atoms with van der Waals surface area (Å²) in [5.74, 6) is -1.17. The van der Waals surface area contributed by atoms with E-state index in [0.717, 1.165) is 21.9 Å². The van der Waals surface area contributed by atoms with Gasteiger partial charge in [0.05, 0.1) is 11.4 Å². The van der Waals surface area contributed by atoms with E-state index in [-0.39, 0.29) is 36.1 Å². The van der Waals surface area contributed by atoms with Crippen LogP contribution in [0.4, 0.5) is 29.7 Å². The van der Waals surface area contributed by atoms with Gasteiger partial charge in [0.15, 0.2) is 12.8 Å². The van der Waals surface area contributed by atoms with Crippen LogP contribution in [0.2, 0.25) is 0 Å². The van der Waals surface area contributed by atoms with Crippen LogP contribution in [-0.4, -0.2) is 53.8 Å². The Kier molecular flexibility index (Phi) is 8.15. The van der Waals surface area contributed by atoms with Crippen LogP contribution in [0.1, 0.15) is 41.5 Å². The van der Waals surface area contributed by atoms with Crippen molar-refractivity contribution in [1.29, 1.82) is 0 Å². The number of hydrogen-bond acceptors (Lipinski definition) is 8. The van der Waals surface area contributed by atoms with Gasteiger partial charge in [0.2, 0.25) is 0 Å². The number of nitrogens with zero attached hydrogens (tertiary/aromatic N) is 2. The number of benzene rings is 2. The van der Waals surface area contributed by atoms with Crippen molar-refractivity contribution in [3.63, 3.8) is 0 Å². The molecular formula is C26H30F2N2O8. The molecule has 4 rings (SSSR count). The normalized spacial score (nSPS) is 16.7. The Morgan fingerprint density at radius 2 is 1.37 bits per heavy atom. The van der Waals surface area contributed by atoms with Gasteiger partial charge in [-0.15, -0.1) is 0 Å². The average Bonchev–Trinajstić information content (AvgIpc) is 2.77. The molecule has 2 aromatic carbocycles. The number of rotatable bonds is 0. The van der Waals surface area contributed by atoms with Crippen molar-refractivity contribution >= 4 is 29.5 Å². The lowest BCUT2D eigenvalue weighted by Crippen LogP contribution is -2.48. The first kappa shape index (κ1) is 28.6. The maximum Gasteiger partial charge on any atom is 0.421 e. The fourth-order valence-electron chi connectivity index (χ4n) is 3.37. The van der Waals surface area contributed by atoms with Gasteiger partial charge in [0.25, 0.3) is 5.91 Å². The number of ether oxygens (including phenoxy) is 4. The Bertz CT molecular complexity index is 1220. The summed E-state index contributed by atoms with van der Waals surface area (Å²) >= 11 is 0. The number of aliphatic hydroxyl groups excluding tert-OH is 1. The molecule has 2 aliphatic rings. The van der Waals surface area contributed by atoms with E-state index in [2.05, 4.69) is 0 Å². The van der Waals surface area contributed by atoms with Gasteiger partial charge in [0.1, 0.15) is 40.9 Å². The fraction of sp³-hybridized carbons (Fsp3) is 0.423.